The number of pyridine rings is 2. The van der Waals surface area contributed by atoms with Crippen molar-refractivity contribution in [3.63, 3.8) is 0 Å². The Bertz CT molecular complexity index is 1510. The van der Waals surface area contributed by atoms with Crippen molar-refractivity contribution >= 4 is 22.5 Å². The van der Waals surface area contributed by atoms with E-state index in [4.69, 9.17) is 0 Å². The Morgan fingerprint density at radius 3 is 2.47 bits per heavy atom. The molecule has 1 aliphatic rings. The summed E-state index contributed by atoms with van der Waals surface area (Å²) in [7, 11) is 0. The van der Waals surface area contributed by atoms with Gasteiger partial charge in [-0.1, -0.05) is 50.2 Å². The molecule has 192 valence electrons. The van der Waals surface area contributed by atoms with Gasteiger partial charge in [0.1, 0.15) is 0 Å². The molecule has 1 saturated heterocycles. The number of H-pyrrole nitrogens is 1. The Labute approximate surface area is 223 Å². The van der Waals surface area contributed by atoms with Gasteiger partial charge in [0, 0.05) is 35.5 Å². The van der Waals surface area contributed by atoms with Gasteiger partial charge in [-0.2, -0.15) is 5.10 Å². The SMILES string of the molecule is CC.O=C(Nc1ccc(-c2ccccc2)nc1)c1n[nH]c2ccc(-c3cncc(CN4CCCC4)c3)cc12. The quantitative estimate of drug-likeness (QED) is 0.273. The largest absolute Gasteiger partial charge is 0.319 e. The van der Waals surface area contributed by atoms with Crippen LogP contribution >= 0.6 is 0 Å². The molecule has 1 fully saturated rings. The predicted octanol–water partition coefficient (Wildman–Crippen LogP) is 6.56. The first-order valence-electron chi connectivity index (χ1n) is 13.2. The number of anilines is 1. The van der Waals surface area contributed by atoms with Crippen LogP contribution in [0.5, 0.6) is 0 Å². The second kappa shape index (κ2) is 11.8. The van der Waals surface area contributed by atoms with Gasteiger partial charge in [0.2, 0.25) is 0 Å². The van der Waals surface area contributed by atoms with Gasteiger partial charge >= 0.3 is 0 Å². The van der Waals surface area contributed by atoms with Gasteiger partial charge in [-0.15, -0.1) is 0 Å². The summed E-state index contributed by atoms with van der Waals surface area (Å²) in [5.41, 5.74) is 6.88. The number of carbonyl (C=O) groups excluding carboxylic acids is 1. The maximum Gasteiger partial charge on any atom is 0.276 e. The zero-order valence-electron chi connectivity index (χ0n) is 21.8. The second-order valence-corrected chi connectivity index (χ2v) is 9.15. The fourth-order valence-corrected chi connectivity index (χ4v) is 4.74. The van der Waals surface area contributed by atoms with E-state index in [1.807, 2.05) is 86.9 Å². The smallest absolute Gasteiger partial charge is 0.276 e. The minimum atomic E-state index is -0.284. The number of likely N-dealkylation sites (tertiary alicyclic amines) is 1. The molecule has 6 rings (SSSR count). The van der Waals surface area contributed by atoms with Crippen LogP contribution in [-0.4, -0.2) is 44.1 Å². The third-order valence-corrected chi connectivity index (χ3v) is 6.60. The number of fused-ring (bicyclic) bond motifs is 1. The van der Waals surface area contributed by atoms with Crippen LogP contribution < -0.4 is 5.32 Å². The normalized spacial score (nSPS) is 13.2. The summed E-state index contributed by atoms with van der Waals surface area (Å²) in [6.45, 7) is 7.21. The van der Waals surface area contributed by atoms with E-state index in [2.05, 4.69) is 36.4 Å². The van der Waals surface area contributed by atoms with E-state index in [-0.39, 0.29) is 5.91 Å². The van der Waals surface area contributed by atoms with Crippen molar-refractivity contribution in [2.24, 2.45) is 0 Å². The predicted molar refractivity (Wildman–Crippen MR) is 153 cm³/mol. The van der Waals surface area contributed by atoms with Gasteiger partial charge in [-0.25, -0.2) is 0 Å². The van der Waals surface area contributed by atoms with E-state index in [1.165, 1.54) is 18.4 Å². The third kappa shape index (κ3) is 5.63. The lowest BCUT2D eigenvalue weighted by atomic mass is 10.0. The van der Waals surface area contributed by atoms with Crippen LogP contribution in [-0.2, 0) is 6.54 Å². The molecule has 0 spiro atoms. The molecule has 2 aromatic carbocycles. The molecule has 4 heterocycles. The molecule has 7 nitrogen and oxygen atoms in total. The van der Waals surface area contributed by atoms with E-state index < -0.39 is 0 Å². The molecule has 0 aliphatic carbocycles. The van der Waals surface area contributed by atoms with Crippen LogP contribution in [0.2, 0.25) is 0 Å². The van der Waals surface area contributed by atoms with Crippen LogP contribution in [0.4, 0.5) is 5.69 Å². The zero-order valence-corrected chi connectivity index (χ0v) is 21.8. The van der Waals surface area contributed by atoms with Crippen LogP contribution in [0.15, 0.2) is 85.3 Å². The maximum atomic E-state index is 13.1. The van der Waals surface area contributed by atoms with Crippen molar-refractivity contribution in [1.82, 2.24) is 25.1 Å². The summed E-state index contributed by atoms with van der Waals surface area (Å²) in [6, 6.07) is 21.9. The van der Waals surface area contributed by atoms with Crippen molar-refractivity contribution in [3.05, 3.63) is 96.6 Å². The lowest BCUT2D eigenvalue weighted by molar-refractivity contribution is 0.102. The van der Waals surface area contributed by atoms with Crippen molar-refractivity contribution in [2.75, 3.05) is 18.4 Å². The molecule has 0 bridgehead atoms. The van der Waals surface area contributed by atoms with Crippen LogP contribution in [0.25, 0.3) is 33.3 Å². The number of carbonyl (C=O) groups is 1. The molecular formula is C31H32N6O. The first-order valence-corrected chi connectivity index (χ1v) is 13.2. The highest BCUT2D eigenvalue weighted by atomic mass is 16.1. The van der Waals surface area contributed by atoms with Crippen LogP contribution in [0, 0.1) is 0 Å². The lowest BCUT2D eigenvalue weighted by Crippen LogP contribution is -2.18. The molecule has 0 unspecified atom stereocenters. The monoisotopic (exact) mass is 504 g/mol. The highest BCUT2D eigenvalue weighted by molar-refractivity contribution is 6.11. The van der Waals surface area contributed by atoms with Gasteiger partial charge in [-0.05, 0) is 67.4 Å². The zero-order chi connectivity index (χ0) is 26.3. The van der Waals surface area contributed by atoms with Crippen LogP contribution in [0.1, 0.15) is 42.7 Å². The summed E-state index contributed by atoms with van der Waals surface area (Å²) in [4.78, 5) is 24.5. The van der Waals surface area contributed by atoms with E-state index >= 15 is 0 Å². The minimum absolute atomic E-state index is 0.284. The number of rotatable bonds is 6. The Morgan fingerprint density at radius 2 is 1.71 bits per heavy atom. The lowest BCUT2D eigenvalue weighted by Gasteiger charge is -2.14. The Hall–Kier alpha value is -4.36. The highest BCUT2D eigenvalue weighted by Crippen LogP contribution is 2.27. The molecule has 0 saturated carbocycles. The topological polar surface area (TPSA) is 86.8 Å². The van der Waals surface area contributed by atoms with Crippen molar-refractivity contribution < 1.29 is 4.79 Å². The van der Waals surface area contributed by atoms with Gasteiger partial charge in [0.25, 0.3) is 5.91 Å². The average Bonchev–Trinajstić information content (AvgIpc) is 3.65. The third-order valence-electron chi connectivity index (χ3n) is 6.60. The van der Waals surface area contributed by atoms with Crippen molar-refractivity contribution in [3.8, 4) is 22.4 Å². The van der Waals surface area contributed by atoms with Crippen molar-refractivity contribution in [1.29, 1.82) is 0 Å². The molecule has 1 amide bonds. The highest BCUT2D eigenvalue weighted by Gasteiger charge is 2.16. The molecule has 2 N–H and O–H groups in total. The number of hydrogen-bond donors (Lipinski definition) is 2. The molecule has 1 aliphatic heterocycles. The summed E-state index contributed by atoms with van der Waals surface area (Å²) >= 11 is 0. The van der Waals surface area contributed by atoms with Gasteiger partial charge in [0.05, 0.1) is 23.1 Å². The molecule has 0 atom stereocenters. The Balaban J connectivity index is 0.00000144. The summed E-state index contributed by atoms with van der Waals surface area (Å²) in [6.07, 6.45) is 8.01. The van der Waals surface area contributed by atoms with Gasteiger partial charge < -0.3 is 5.32 Å². The number of hydrogen-bond acceptors (Lipinski definition) is 5. The molecule has 5 aromatic rings. The number of benzene rings is 2. The molecule has 0 radical (unpaired) electrons. The Morgan fingerprint density at radius 1 is 0.895 bits per heavy atom. The van der Waals surface area contributed by atoms with E-state index in [0.717, 1.165) is 52.9 Å². The van der Waals surface area contributed by atoms with Gasteiger partial charge in [-0.3, -0.25) is 24.8 Å². The van der Waals surface area contributed by atoms with Crippen LogP contribution in [0.3, 0.4) is 0 Å². The van der Waals surface area contributed by atoms with Gasteiger partial charge in [0.15, 0.2) is 5.69 Å². The average molecular weight is 505 g/mol. The number of aromatic nitrogens is 4. The molecule has 38 heavy (non-hydrogen) atoms. The summed E-state index contributed by atoms with van der Waals surface area (Å²) in [5.74, 6) is -0.284. The summed E-state index contributed by atoms with van der Waals surface area (Å²) in [5, 5.41) is 11.0. The number of nitrogens with zero attached hydrogens (tertiary/aromatic N) is 4. The standard InChI is InChI=1S/C29H26N6O.C2H6/c36-29(32-24-9-11-26(31-18-24)21-6-2-1-3-7-21)28-25-15-22(8-10-27(25)33-34-28)23-14-20(16-30-17-23)19-35-12-4-5-13-35;1-2/h1-3,6-11,14-18H,4-5,12-13,19H2,(H,32,36)(H,33,34);1-2H3. The molecule has 3 aromatic heterocycles. The minimum Gasteiger partial charge on any atom is -0.319 e. The number of amides is 1. The number of aromatic amines is 1. The molecule has 7 heteroatoms. The first-order chi connectivity index (χ1) is 18.7. The summed E-state index contributed by atoms with van der Waals surface area (Å²) < 4.78 is 0. The van der Waals surface area contributed by atoms with E-state index in [0.29, 0.717) is 11.4 Å². The number of nitrogens with one attached hydrogen (secondary N) is 2. The second-order valence-electron chi connectivity index (χ2n) is 9.15. The van der Waals surface area contributed by atoms with E-state index in [1.54, 1.807) is 6.20 Å². The fraction of sp³-hybridized carbons (Fsp3) is 0.226. The fourth-order valence-electron chi connectivity index (χ4n) is 4.74. The molecular weight excluding hydrogens is 472 g/mol. The Kier molecular flexibility index (Phi) is 7.85. The van der Waals surface area contributed by atoms with Crippen molar-refractivity contribution in [2.45, 2.75) is 33.2 Å². The first kappa shape index (κ1) is 25.3. The van der Waals surface area contributed by atoms with E-state index in [9.17, 15) is 4.79 Å². The maximum absolute atomic E-state index is 13.1.